The van der Waals surface area contributed by atoms with Gasteiger partial charge in [-0.3, -0.25) is 4.79 Å². The van der Waals surface area contributed by atoms with E-state index in [0.29, 0.717) is 5.56 Å². The number of nitrogens with one attached hydrogen (secondary N) is 1. The Kier molecular flexibility index (Phi) is 3.84. The summed E-state index contributed by atoms with van der Waals surface area (Å²) < 4.78 is 18.0. The molecular formula is C11H14FNO3. The van der Waals surface area contributed by atoms with Gasteiger partial charge in [-0.05, 0) is 25.6 Å². The molecule has 0 saturated heterocycles. The van der Waals surface area contributed by atoms with Crippen LogP contribution in [0.15, 0.2) is 6.07 Å². The fraction of sp³-hybridized carbons (Fsp3) is 0.364. The molecule has 88 valence electrons. The van der Waals surface area contributed by atoms with Crippen molar-refractivity contribution in [3.63, 3.8) is 0 Å². The van der Waals surface area contributed by atoms with E-state index >= 15 is 0 Å². The summed E-state index contributed by atoms with van der Waals surface area (Å²) in [5.74, 6) is -1.74. The van der Waals surface area contributed by atoms with Crippen LogP contribution >= 0.6 is 0 Å². The Morgan fingerprint density at radius 1 is 1.62 bits per heavy atom. The highest BCUT2D eigenvalue weighted by atomic mass is 19.1. The topological polar surface area (TPSA) is 58.6 Å². The van der Waals surface area contributed by atoms with Gasteiger partial charge in [0.15, 0.2) is 23.1 Å². The summed E-state index contributed by atoms with van der Waals surface area (Å²) in [4.78, 5) is 11.7. The maximum absolute atomic E-state index is 13.3. The molecule has 0 spiro atoms. The Labute approximate surface area is 93.0 Å². The summed E-state index contributed by atoms with van der Waals surface area (Å²) >= 11 is 0. The Bertz CT molecular complexity index is 418. The lowest BCUT2D eigenvalue weighted by Gasteiger charge is -2.11. The zero-order chi connectivity index (χ0) is 12.3. The largest absolute Gasteiger partial charge is 0.504 e. The van der Waals surface area contributed by atoms with Crippen molar-refractivity contribution in [3.05, 3.63) is 23.0 Å². The first-order valence-electron chi connectivity index (χ1n) is 4.76. The predicted octanol–water partition coefficient (Wildman–Crippen LogP) is 1.25. The molecule has 1 rings (SSSR count). The van der Waals surface area contributed by atoms with Gasteiger partial charge in [-0.2, -0.15) is 0 Å². The number of aryl methyl sites for hydroxylation is 1. The first-order chi connectivity index (χ1) is 7.52. The zero-order valence-electron chi connectivity index (χ0n) is 9.43. The molecular weight excluding hydrogens is 213 g/mol. The van der Waals surface area contributed by atoms with Crippen LogP contribution in [0.3, 0.4) is 0 Å². The van der Waals surface area contributed by atoms with Gasteiger partial charge in [0.2, 0.25) is 0 Å². The number of ether oxygens (including phenoxy) is 1. The van der Waals surface area contributed by atoms with Gasteiger partial charge >= 0.3 is 0 Å². The first kappa shape index (κ1) is 12.4. The minimum absolute atomic E-state index is 0.0726. The molecule has 0 bridgehead atoms. The number of rotatable bonds is 4. The van der Waals surface area contributed by atoms with E-state index in [-0.39, 0.29) is 23.6 Å². The van der Waals surface area contributed by atoms with E-state index in [1.54, 1.807) is 14.0 Å². The molecule has 4 nitrogen and oxygen atoms in total. The lowest BCUT2D eigenvalue weighted by Crippen LogP contribution is -2.19. The number of methoxy groups -OCH3 is 1. The third-order valence-electron chi connectivity index (χ3n) is 2.23. The van der Waals surface area contributed by atoms with E-state index < -0.39 is 11.6 Å². The van der Waals surface area contributed by atoms with Gasteiger partial charge in [0.1, 0.15) is 0 Å². The number of carbonyl (C=O) groups excluding carboxylic acids is 1. The Morgan fingerprint density at radius 3 is 2.75 bits per heavy atom. The van der Waals surface area contributed by atoms with E-state index in [1.165, 1.54) is 13.2 Å². The number of ketones is 1. The summed E-state index contributed by atoms with van der Waals surface area (Å²) in [6, 6.07) is 1.17. The van der Waals surface area contributed by atoms with Crippen molar-refractivity contribution in [2.75, 3.05) is 20.7 Å². The lowest BCUT2D eigenvalue weighted by atomic mass is 10.0. The molecule has 0 aliphatic rings. The highest BCUT2D eigenvalue weighted by Gasteiger charge is 2.21. The van der Waals surface area contributed by atoms with Crippen LogP contribution in [0.25, 0.3) is 0 Å². The van der Waals surface area contributed by atoms with Crippen LogP contribution in [0.2, 0.25) is 0 Å². The number of Topliss-reactive ketones (excluding diaryl/α,β-unsaturated/α-hetero) is 1. The average molecular weight is 227 g/mol. The lowest BCUT2D eigenvalue weighted by molar-refractivity contribution is 0.0989. The van der Waals surface area contributed by atoms with Crippen LogP contribution in [0, 0.1) is 12.7 Å². The maximum Gasteiger partial charge on any atom is 0.197 e. The summed E-state index contributed by atoms with van der Waals surface area (Å²) in [6.07, 6.45) is 0. The smallest absolute Gasteiger partial charge is 0.197 e. The molecule has 0 aromatic heterocycles. The third kappa shape index (κ3) is 2.14. The van der Waals surface area contributed by atoms with Crippen molar-refractivity contribution >= 4 is 5.78 Å². The standard InChI is InChI=1S/C11H14FNO3/c1-6-4-7(12)11(16-3)10(15)9(6)8(14)5-13-2/h4,13,15H,5H2,1-3H3. The molecule has 0 heterocycles. The Morgan fingerprint density at radius 2 is 2.25 bits per heavy atom. The van der Waals surface area contributed by atoms with Crippen LogP contribution in [-0.4, -0.2) is 31.6 Å². The third-order valence-corrected chi connectivity index (χ3v) is 2.23. The molecule has 0 atom stereocenters. The van der Waals surface area contributed by atoms with Crippen LogP contribution in [0.4, 0.5) is 4.39 Å². The molecule has 1 aromatic carbocycles. The highest BCUT2D eigenvalue weighted by Crippen LogP contribution is 2.35. The normalized spacial score (nSPS) is 10.2. The average Bonchev–Trinajstić information content (AvgIpc) is 2.17. The molecule has 16 heavy (non-hydrogen) atoms. The zero-order valence-corrected chi connectivity index (χ0v) is 9.43. The number of phenols is 1. The number of halogens is 1. The molecule has 5 heteroatoms. The van der Waals surface area contributed by atoms with Crippen molar-refractivity contribution in [1.29, 1.82) is 0 Å². The number of carbonyl (C=O) groups is 1. The second-order valence-corrected chi connectivity index (χ2v) is 3.39. The van der Waals surface area contributed by atoms with Gasteiger partial charge in [-0.1, -0.05) is 0 Å². The number of phenolic OH excluding ortho intramolecular Hbond substituents is 1. The molecule has 0 amide bonds. The molecule has 1 aromatic rings. The monoisotopic (exact) mass is 227 g/mol. The molecule has 0 saturated carbocycles. The van der Waals surface area contributed by atoms with Crippen molar-refractivity contribution in [2.24, 2.45) is 0 Å². The molecule has 0 aliphatic heterocycles. The molecule has 2 N–H and O–H groups in total. The summed E-state index contributed by atoms with van der Waals surface area (Å²) in [6.45, 7) is 1.63. The van der Waals surface area contributed by atoms with Crippen molar-refractivity contribution < 1.29 is 19.0 Å². The maximum atomic E-state index is 13.3. The van der Waals surface area contributed by atoms with Gasteiger partial charge in [-0.15, -0.1) is 0 Å². The fourth-order valence-corrected chi connectivity index (χ4v) is 1.54. The number of likely N-dealkylation sites (N-methyl/N-ethyl adjacent to an activating group) is 1. The van der Waals surface area contributed by atoms with Crippen molar-refractivity contribution in [1.82, 2.24) is 5.32 Å². The molecule has 0 radical (unpaired) electrons. The van der Waals surface area contributed by atoms with E-state index in [2.05, 4.69) is 5.32 Å². The summed E-state index contributed by atoms with van der Waals surface area (Å²) in [5, 5.41) is 12.4. The number of benzene rings is 1. The minimum Gasteiger partial charge on any atom is -0.504 e. The SMILES string of the molecule is CNCC(=O)c1c(C)cc(F)c(OC)c1O. The van der Waals surface area contributed by atoms with Crippen LogP contribution in [0.1, 0.15) is 15.9 Å². The van der Waals surface area contributed by atoms with E-state index in [1.807, 2.05) is 0 Å². The number of aromatic hydroxyl groups is 1. The van der Waals surface area contributed by atoms with Crippen LogP contribution in [0.5, 0.6) is 11.5 Å². The molecule has 0 aliphatic carbocycles. The molecule has 0 fully saturated rings. The predicted molar refractivity (Wildman–Crippen MR) is 57.6 cm³/mol. The highest BCUT2D eigenvalue weighted by molar-refractivity contribution is 6.02. The van der Waals surface area contributed by atoms with E-state index in [9.17, 15) is 14.3 Å². The van der Waals surface area contributed by atoms with Gasteiger partial charge in [-0.25, -0.2) is 4.39 Å². The van der Waals surface area contributed by atoms with E-state index in [0.717, 1.165) is 0 Å². The Balaban J connectivity index is 3.33. The van der Waals surface area contributed by atoms with Gasteiger partial charge < -0.3 is 15.2 Å². The van der Waals surface area contributed by atoms with Crippen molar-refractivity contribution in [3.8, 4) is 11.5 Å². The second kappa shape index (κ2) is 4.94. The van der Waals surface area contributed by atoms with Crippen LogP contribution < -0.4 is 10.1 Å². The first-order valence-corrected chi connectivity index (χ1v) is 4.76. The number of hydrogen-bond acceptors (Lipinski definition) is 4. The van der Waals surface area contributed by atoms with Gasteiger partial charge in [0.05, 0.1) is 19.2 Å². The van der Waals surface area contributed by atoms with Gasteiger partial charge in [0, 0.05) is 0 Å². The Hall–Kier alpha value is -1.62. The number of hydrogen-bond donors (Lipinski definition) is 2. The molecule has 0 unspecified atom stereocenters. The minimum atomic E-state index is -0.682. The van der Waals surface area contributed by atoms with E-state index in [4.69, 9.17) is 4.74 Å². The summed E-state index contributed by atoms with van der Waals surface area (Å²) in [7, 11) is 2.85. The quantitative estimate of drug-likeness (QED) is 0.760. The van der Waals surface area contributed by atoms with Crippen LogP contribution in [-0.2, 0) is 0 Å². The second-order valence-electron chi connectivity index (χ2n) is 3.39. The van der Waals surface area contributed by atoms with Crippen molar-refractivity contribution in [2.45, 2.75) is 6.92 Å². The summed E-state index contributed by atoms with van der Waals surface area (Å²) in [5.41, 5.74) is 0.476. The fourth-order valence-electron chi connectivity index (χ4n) is 1.54. The van der Waals surface area contributed by atoms with Gasteiger partial charge in [0.25, 0.3) is 0 Å².